The number of aromatic nitrogens is 2. The van der Waals surface area contributed by atoms with E-state index in [1.165, 1.54) is 6.20 Å². The number of benzene rings is 1. The molecule has 0 saturated carbocycles. The van der Waals surface area contributed by atoms with Crippen LogP contribution in [-0.4, -0.2) is 15.3 Å². The van der Waals surface area contributed by atoms with E-state index in [4.69, 9.17) is 5.73 Å². The molecule has 0 aliphatic rings. The number of nitrogens with one attached hydrogen (secondary N) is 1. The summed E-state index contributed by atoms with van der Waals surface area (Å²) < 4.78 is 26.7. The van der Waals surface area contributed by atoms with Gasteiger partial charge in [-0.1, -0.05) is 0 Å². The van der Waals surface area contributed by atoms with E-state index in [-0.39, 0.29) is 21.4 Å². The fourth-order valence-electron chi connectivity index (χ4n) is 1.33. The largest absolute Gasteiger partial charge is 0.506 e. The van der Waals surface area contributed by atoms with Crippen molar-refractivity contribution in [3.8, 4) is 16.9 Å². The lowest BCUT2D eigenvalue weighted by atomic mass is 10.1. The van der Waals surface area contributed by atoms with Crippen molar-refractivity contribution in [2.24, 2.45) is 0 Å². The second-order valence-electron chi connectivity index (χ2n) is 3.08. The van der Waals surface area contributed by atoms with Gasteiger partial charge in [-0.2, -0.15) is 5.10 Å². The van der Waals surface area contributed by atoms with Crippen LogP contribution in [0, 0.1) is 11.6 Å². The van der Waals surface area contributed by atoms with Crippen molar-refractivity contribution in [2.45, 2.75) is 0 Å². The molecule has 0 aliphatic carbocycles. The summed E-state index contributed by atoms with van der Waals surface area (Å²) in [5, 5.41) is 15.6. The number of anilines is 1. The number of nitrogens with two attached hydrogens (primary N) is 1. The van der Waals surface area contributed by atoms with Crippen LogP contribution in [0.25, 0.3) is 11.1 Å². The first kappa shape index (κ1) is 10.9. The average Bonchev–Trinajstić information content (AvgIpc) is 2.63. The van der Waals surface area contributed by atoms with Crippen LogP contribution in [-0.2, 0) is 0 Å². The van der Waals surface area contributed by atoms with Gasteiger partial charge in [-0.05, 0) is 22.0 Å². The lowest BCUT2D eigenvalue weighted by Crippen LogP contribution is -1.94. The molecule has 0 saturated heterocycles. The number of phenolic OH excluding ortho intramolecular Hbond substituents is 1. The molecule has 0 amide bonds. The van der Waals surface area contributed by atoms with Crippen LogP contribution in [0.3, 0.4) is 0 Å². The first-order valence-electron chi connectivity index (χ1n) is 4.18. The number of rotatable bonds is 1. The lowest BCUT2D eigenvalue weighted by Gasteiger charge is -2.07. The van der Waals surface area contributed by atoms with Gasteiger partial charge in [-0.15, -0.1) is 0 Å². The second kappa shape index (κ2) is 3.75. The van der Waals surface area contributed by atoms with Crippen LogP contribution >= 0.6 is 15.9 Å². The Hall–Kier alpha value is -1.63. The second-order valence-corrected chi connectivity index (χ2v) is 3.93. The molecule has 0 aliphatic heterocycles. The Morgan fingerprint density at radius 1 is 1.44 bits per heavy atom. The summed E-state index contributed by atoms with van der Waals surface area (Å²) in [4.78, 5) is 0. The zero-order valence-electron chi connectivity index (χ0n) is 7.76. The van der Waals surface area contributed by atoms with Gasteiger partial charge in [0.2, 0.25) is 0 Å². The summed E-state index contributed by atoms with van der Waals surface area (Å²) in [5.74, 6) is -2.63. The first-order valence-corrected chi connectivity index (χ1v) is 4.97. The maximum absolute atomic E-state index is 13.5. The van der Waals surface area contributed by atoms with Gasteiger partial charge in [-0.3, -0.25) is 5.10 Å². The highest BCUT2D eigenvalue weighted by Gasteiger charge is 2.21. The number of hydrogen-bond donors (Lipinski definition) is 3. The van der Waals surface area contributed by atoms with E-state index in [0.29, 0.717) is 0 Å². The van der Waals surface area contributed by atoms with Gasteiger partial charge >= 0.3 is 0 Å². The Labute approximate surface area is 97.2 Å². The maximum Gasteiger partial charge on any atom is 0.170 e. The third-order valence-corrected chi connectivity index (χ3v) is 2.69. The van der Waals surface area contributed by atoms with E-state index in [1.54, 1.807) is 0 Å². The molecular formula is C9H6BrF2N3O. The zero-order valence-corrected chi connectivity index (χ0v) is 9.35. The molecule has 1 aromatic carbocycles. The first-order chi connectivity index (χ1) is 7.52. The molecule has 2 rings (SSSR count). The average molecular weight is 290 g/mol. The predicted molar refractivity (Wildman–Crippen MR) is 57.7 cm³/mol. The van der Waals surface area contributed by atoms with Crippen molar-refractivity contribution < 1.29 is 13.9 Å². The number of nitrogen functional groups attached to an aromatic ring is 1. The molecule has 0 atom stereocenters. The molecule has 1 aromatic heterocycles. The molecule has 84 valence electrons. The van der Waals surface area contributed by atoms with Gasteiger partial charge < -0.3 is 10.8 Å². The summed E-state index contributed by atoms with van der Waals surface area (Å²) in [6.07, 6.45) is 1.21. The summed E-state index contributed by atoms with van der Waals surface area (Å²) >= 11 is 2.91. The zero-order chi connectivity index (χ0) is 11.9. The molecule has 0 fully saturated rings. The fraction of sp³-hybridized carbons (Fsp3) is 0. The van der Waals surface area contributed by atoms with Crippen molar-refractivity contribution in [3.05, 3.63) is 28.4 Å². The predicted octanol–water partition coefficient (Wildman–Crippen LogP) is 2.41. The Morgan fingerprint density at radius 3 is 2.69 bits per heavy atom. The summed E-state index contributed by atoms with van der Waals surface area (Å²) in [6, 6.07) is 0.838. The van der Waals surface area contributed by atoms with Gasteiger partial charge in [0.05, 0.1) is 21.8 Å². The maximum atomic E-state index is 13.5. The van der Waals surface area contributed by atoms with Crippen molar-refractivity contribution in [1.82, 2.24) is 10.2 Å². The van der Waals surface area contributed by atoms with Gasteiger partial charge in [0.25, 0.3) is 0 Å². The minimum absolute atomic E-state index is 0.0435. The SMILES string of the molecule is Nc1[nH]ncc1-c1c(O)c(Br)cc(F)c1F. The highest BCUT2D eigenvalue weighted by molar-refractivity contribution is 9.10. The Morgan fingerprint density at radius 2 is 2.12 bits per heavy atom. The van der Waals surface area contributed by atoms with Gasteiger partial charge in [0.1, 0.15) is 11.6 Å². The van der Waals surface area contributed by atoms with Gasteiger partial charge in [0, 0.05) is 0 Å². The molecule has 7 heteroatoms. The minimum atomic E-state index is -1.17. The van der Waals surface area contributed by atoms with Crippen LogP contribution in [0.2, 0.25) is 0 Å². The van der Waals surface area contributed by atoms with Crippen LogP contribution in [0.15, 0.2) is 16.7 Å². The number of aromatic hydroxyl groups is 1. The molecule has 4 nitrogen and oxygen atoms in total. The van der Waals surface area contributed by atoms with E-state index in [9.17, 15) is 13.9 Å². The Balaban J connectivity index is 2.79. The highest BCUT2D eigenvalue weighted by Crippen LogP contribution is 2.40. The fourth-order valence-corrected chi connectivity index (χ4v) is 1.73. The summed E-state index contributed by atoms with van der Waals surface area (Å²) in [7, 11) is 0. The smallest absolute Gasteiger partial charge is 0.170 e. The molecule has 4 N–H and O–H groups in total. The van der Waals surface area contributed by atoms with Gasteiger partial charge in [-0.25, -0.2) is 8.78 Å². The third-order valence-electron chi connectivity index (χ3n) is 2.08. The van der Waals surface area contributed by atoms with Crippen LogP contribution < -0.4 is 5.73 Å². The van der Waals surface area contributed by atoms with Crippen molar-refractivity contribution >= 4 is 21.7 Å². The Kier molecular flexibility index (Phi) is 2.55. The summed E-state index contributed by atoms with van der Waals surface area (Å²) in [6.45, 7) is 0. The molecule has 0 bridgehead atoms. The molecule has 16 heavy (non-hydrogen) atoms. The molecule has 0 unspecified atom stereocenters. The van der Waals surface area contributed by atoms with Crippen LogP contribution in [0.4, 0.5) is 14.6 Å². The van der Waals surface area contributed by atoms with Crippen LogP contribution in [0.1, 0.15) is 0 Å². The number of phenols is 1. The third kappa shape index (κ3) is 1.53. The molecule has 0 spiro atoms. The monoisotopic (exact) mass is 289 g/mol. The van der Waals surface area contributed by atoms with Crippen LogP contribution in [0.5, 0.6) is 5.75 Å². The summed E-state index contributed by atoms with van der Waals surface area (Å²) in [5.41, 5.74) is 5.26. The Bertz CT molecular complexity index is 530. The number of nitrogens with zero attached hydrogens (tertiary/aromatic N) is 1. The van der Waals surface area contributed by atoms with Crippen molar-refractivity contribution in [3.63, 3.8) is 0 Å². The van der Waals surface area contributed by atoms with E-state index in [0.717, 1.165) is 6.07 Å². The number of H-pyrrole nitrogens is 1. The molecular weight excluding hydrogens is 284 g/mol. The normalized spacial score (nSPS) is 10.7. The van der Waals surface area contributed by atoms with E-state index in [1.807, 2.05) is 0 Å². The van der Waals surface area contributed by atoms with E-state index < -0.39 is 17.4 Å². The number of halogens is 3. The quantitative estimate of drug-likeness (QED) is 0.706. The van der Waals surface area contributed by atoms with E-state index in [2.05, 4.69) is 26.1 Å². The molecule has 2 aromatic rings. The minimum Gasteiger partial charge on any atom is -0.506 e. The molecule has 1 heterocycles. The highest BCUT2D eigenvalue weighted by atomic mass is 79.9. The lowest BCUT2D eigenvalue weighted by molar-refractivity contribution is 0.455. The van der Waals surface area contributed by atoms with Crippen molar-refractivity contribution in [2.75, 3.05) is 5.73 Å². The molecule has 0 radical (unpaired) electrons. The number of hydrogen-bond acceptors (Lipinski definition) is 3. The number of aromatic amines is 1. The standard InChI is InChI=1S/C9H6BrF2N3O/c10-4-1-5(11)7(12)6(8(4)16)3-2-14-15-9(3)13/h1-2,16H,(H3,13,14,15). The van der Waals surface area contributed by atoms with Crippen molar-refractivity contribution in [1.29, 1.82) is 0 Å². The van der Waals surface area contributed by atoms with Gasteiger partial charge in [0.15, 0.2) is 11.6 Å². The topological polar surface area (TPSA) is 74.9 Å². The van der Waals surface area contributed by atoms with E-state index >= 15 is 0 Å².